The third kappa shape index (κ3) is 3.80. The van der Waals surface area contributed by atoms with Gasteiger partial charge in [0.25, 0.3) is 0 Å². The van der Waals surface area contributed by atoms with E-state index in [1.807, 2.05) is 32.0 Å². The van der Waals surface area contributed by atoms with Gasteiger partial charge in [0.2, 0.25) is 5.91 Å². The number of ether oxygens (including phenoxy) is 2. The zero-order valence-electron chi connectivity index (χ0n) is 14.6. The Morgan fingerprint density at radius 2 is 2.00 bits per heavy atom. The highest BCUT2D eigenvalue weighted by Gasteiger charge is 2.31. The number of hydrogen-bond acceptors (Lipinski definition) is 6. The first-order valence-electron chi connectivity index (χ1n) is 8.24. The molecule has 0 radical (unpaired) electrons. The molecule has 1 aromatic carbocycles. The molecule has 0 atom stereocenters. The van der Waals surface area contributed by atoms with Crippen molar-refractivity contribution >= 4 is 23.2 Å². The first-order chi connectivity index (χ1) is 12.4. The van der Waals surface area contributed by atoms with Crippen molar-refractivity contribution in [3.05, 3.63) is 39.8 Å². The summed E-state index contributed by atoms with van der Waals surface area (Å²) in [6, 6.07) is 5.53. The summed E-state index contributed by atoms with van der Waals surface area (Å²) in [6.07, 6.45) is 0.487. The number of rotatable bonds is 6. The van der Waals surface area contributed by atoms with Crippen molar-refractivity contribution in [2.45, 2.75) is 25.7 Å². The van der Waals surface area contributed by atoms with E-state index in [4.69, 9.17) is 14.6 Å². The van der Waals surface area contributed by atoms with Crippen LogP contribution >= 0.6 is 11.3 Å². The summed E-state index contributed by atoms with van der Waals surface area (Å²) in [4.78, 5) is 27.5. The van der Waals surface area contributed by atoms with Crippen molar-refractivity contribution in [1.29, 1.82) is 0 Å². The van der Waals surface area contributed by atoms with Gasteiger partial charge in [-0.2, -0.15) is 0 Å². The Labute approximate surface area is 155 Å². The van der Waals surface area contributed by atoms with Crippen LogP contribution in [0.25, 0.3) is 0 Å². The van der Waals surface area contributed by atoms with Crippen molar-refractivity contribution in [1.82, 2.24) is 10.3 Å². The van der Waals surface area contributed by atoms with Crippen molar-refractivity contribution in [2.24, 2.45) is 0 Å². The monoisotopic (exact) mass is 376 g/mol. The number of carboxylic acid groups (broad SMARTS) is 1. The molecule has 26 heavy (non-hydrogen) atoms. The Bertz CT molecular complexity index is 831. The van der Waals surface area contributed by atoms with E-state index in [0.717, 1.165) is 5.56 Å². The summed E-state index contributed by atoms with van der Waals surface area (Å²) >= 11 is 1.28. The normalized spacial score (nSPS) is 13.3. The summed E-state index contributed by atoms with van der Waals surface area (Å²) in [6.45, 7) is 5.10. The molecule has 0 saturated carbocycles. The van der Waals surface area contributed by atoms with Crippen LogP contribution in [-0.2, 0) is 16.6 Å². The summed E-state index contributed by atoms with van der Waals surface area (Å²) in [5.74, 6) is 0.174. The van der Waals surface area contributed by atoms with E-state index in [0.29, 0.717) is 42.7 Å². The van der Waals surface area contributed by atoms with Gasteiger partial charge in [-0.1, -0.05) is 6.07 Å². The van der Waals surface area contributed by atoms with Gasteiger partial charge in [-0.25, -0.2) is 9.78 Å². The summed E-state index contributed by atoms with van der Waals surface area (Å²) in [5, 5.41) is 14.0. The Hall–Kier alpha value is -2.61. The molecule has 1 aliphatic rings. The van der Waals surface area contributed by atoms with E-state index >= 15 is 0 Å². The number of amides is 1. The number of nitrogens with zero attached hydrogens (tertiary/aromatic N) is 1. The molecule has 2 N–H and O–H groups in total. The van der Waals surface area contributed by atoms with E-state index in [1.165, 1.54) is 16.7 Å². The van der Waals surface area contributed by atoms with E-state index < -0.39 is 11.4 Å². The second kappa shape index (κ2) is 7.33. The van der Waals surface area contributed by atoms with Crippen molar-refractivity contribution in [3.63, 3.8) is 0 Å². The molecule has 0 unspecified atom stereocenters. The molecular formula is C18H20N2O5S. The molecule has 0 bridgehead atoms. The molecule has 2 aromatic rings. The topological polar surface area (TPSA) is 97.8 Å². The quantitative estimate of drug-likeness (QED) is 0.802. The second-order valence-corrected chi connectivity index (χ2v) is 7.36. The number of benzene rings is 1. The molecular weight excluding hydrogens is 356 g/mol. The highest BCUT2D eigenvalue weighted by atomic mass is 32.1. The molecule has 138 valence electrons. The third-order valence-electron chi connectivity index (χ3n) is 4.23. The number of aromatic carboxylic acids is 1. The van der Waals surface area contributed by atoms with Crippen molar-refractivity contribution in [2.75, 3.05) is 19.8 Å². The fraction of sp³-hybridized carbons (Fsp3) is 0.389. The maximum atomic E-state index is 12.6. The molecule has 0 spiro atoms. The fourth-order valence-corrected chi connectivity index (χ4v) is 3.36. The zero-order valence-corrected chi connectivity index (χ0v) is 15.4. The van der Waals surface area contributed by atoms with Crippen LogP contribution in [0.5, 0.6) is 11.5 Å². The third-order valence-corrected chi connectivity index (χ3v) is 5.14. The molecule has 2 heterocycles. The van der Waals surface area contributed by atoms with Gasteiger partial charge in [0.15, 0.2) is 17.2 Å². The van der Waals surface area contributed by atoms with Crippen molar-refractivity contribution in [3.8, 4) is 11.5 Å². The lowest BCUT2D eigenvalue weighted by atomic mass is 9.83. The molecule has 0 saturated heterocycles. The van der Waals surface area contributed by atoms with E-state index in [9.17, 15) is 9.59 Å². The molecule has 3 rings (SSSR count). The van der Waals surface area contributed by atoms with Crippen LogP contribution in [0, 0.1) is 0 Å². The van der Waals surface area contributed by atoms with Crippen molar-refractivity contribution < 1.29 is 24.2 Å². The predicted octanol–water partition coefficient (Wildman–Crippen LogP) is 2.25. The van der Waals surface area contributed by atoms with Gasteiger partial charge in [0.1, 0.15) is 13.2 Å². The van der Waals surface area contributed by atoms with Crippen LogP contribution < -0.4 is 14.8 Å². The van der Waals surface area contributed by atoms with Crippen LogP contribution in [0.1, 0.15) is 34.9 Å². The van der Waals surface area contributed by atoms with Gasteiger partial charge in [0, 0.05) is 18.3 Å². The number of nitrogens with one attached hydrogen (secondary N) is 1. The van der Waals surface area contributed by atoms with E-state index in [-0.39, 0.29) is 11.6 Å². The molecule has 1 aliphatic heterocycles. The molecule has 1 amide bonds. The molecule has 0 fully saturated rings. The maximum absolute atomic E-state index is 12.6. The standard InChI is InChI=1S/C18H20N2O5S/c1-18(2,11-3-4-13-14(9-11)25-8-7-24-13)17(23)19-6-5-15-20-12(10-26-15)16(21)22/h3-4,9-10H,5-8H2,1-2H3,(H,19,23)(H,21,22). The van der Waals surface area contributed by atoms with Gasteiger partial charge in [-0.3, -0.25) is 4.79 Å². The number of aromatic nitrogens is 1. The Morgan fingerprint density at radius 3 is 2.69 bits per heavy atom. The Kier molecular flexibility index (Phi) is 5.13. The number of hydrogen-bond donors (Lipinski definition) is 2. The largest absolute Gasteiger partial charge is 0.486 e. The molecule has 7 nitrogen and oxygen atoms in total. The minimum atomic E-state index is -1.05. The van der Waals surface area contributed by atoms with Crippen LogP contribution in [0.15, 0.2) is 23.6 Å². The predicted molar refractivity (Wildman–Crippen MR) is 96.2 cm³/mol. The number of thiazole rings is 1. The fourth-order valence-electron chi connectivity index (χ4n) is 2.59. The number of carbonyl (C=O) groups is 2. The van der Waals surface area contributed by atoms with Gasteiger partial charge >= 0.3 is 5.97 Å². The number of fused-ring (bicyclic) bond motifs is 1. The number of carboxylic acids is 1. The lowest BCUT2D eigenvalue weighted by molar-refractivity contribution is -0.125. The Morgan fingerprint density at radius 1 is 1.27 bits per heavy atom. The molecule has 8 heteroatoms. The highest BCUT2D eigenvalue weighted by molar-refractivity contribution is 7.09. The second-order valence-electron chi connectivity index (χ2n) is 6.42. The van der Waals surface area contributed by atoms with Gasteiger partial charge in [-0.05, 0) is 31.5 Å². The van der Waals surface area contributed by atoms with Gasteiger partial charge in [-0.15, -0.1) is 11.3 Å². The smallest absolute Gasteiger partial charge is 0.355 e. The Balaban J connectivity index is 1.61. The summed E-state index contributed by atoms with van der Waals surface area (Å²) < 4.78 is 11.1. The average molecular weight is 376 g/mol. The minimum absolute atomic E-state index is 0.0351. The summed E-state index contributed by atoms with van der Waals surface area (Å²) in [7, 11) is 0. The van der Waals surface area contributed by atoms with Crippen LogP contribution in [0.2, 0.25) is 0 Å². The molecule has 1 aromatic heterocycles. The van der Waals surface area contributed by atoms with Gasteiger partial charge < -0.3 is 19.9 Å². The minimum Gasteiger partial charge on any atom is -0.486 e. The van der Waals surface area contributed by atoms with Crippen LogP contribution in [0.4, 0.5) is 0 Å². The van der Waals surface area contributed by atoms with Gasteiger partial charge in [0.05, 0.1) is 10.4 Å². The zero-order chi connectivity index (χ0) is 18.7. The van der Waals surface area contributed by atoms with Crippen LogP contribution in [0.3, 0.4) is 0 Å². The average Bonchev–Trinajstić information content (AvgIpc) is 3.10. The first kappa shape index (κ1) is 18.2. The first-order valence-corrected chi connectivity index (χ1v) is 9.12. The highest BCUT2D eigenvalue weighted by Crippen LogP contribution is 2.35. The van der Waals surface area contributed by atoms with E-state index in [1.54, 1.807) is 0 Å². The number of carbonyl (C=O) groups excluding carboxylic acids is 1. The molecule has 0 aliphatic carbocycles. The van der Waals surface area contributed by atoms with E-state index in [2.05, 4.69) is 10.3 Å². The maximum Gasteiger partial charge on any atom is 0.355 e. The summed E-state index contributed by atoms with van der Waals surface area (Å²) in [5.41, 5.74) is 0.125. The van der Waals surface area contributed by atoms with Crippen LogP contribution in [-0.4, -0.2) is 41.7 Å². The lowest BCUT2D eigenvalue weighted by Crippen LogP contribution is -2.41. The SMILES string of the molecule is CC(C)(C(=O)NCCc1nc(C(=O)O)cs1)c1ccc2c(c1)OCCO2. The lowest BCUT2D eigenvalue weighted by Gasteiger charge is -2.26.